The molecule has 8 nitrogen and oxygen atoms in total. The molecule has 2 saturated carbocycles. The zero-order chi connectivity index (χ0) is 30.0. The van der Waals surface area contributed by atoms with Crippen molar-refractivity contribution in [2.45, 2.75) is 78.5 Å². The van der Waals surface area contributed by atoms with Crippen molar-refractivity contribution >= 4 is 11.8 Å². The number of ketones is 1. The van der Waals surface area contributed by atoms with E-state index in [4.69, 9.17) is 18.7 Å². The van der Waals surface area contributed by atoms with Gasteiger partial charge < -0.3 is 23.8 Å². The van der Waals surface area contributed by atoms with Crippen molar-refractivity contribution in [1.82, 2.24) is 5.16 Å². The molecule has 8 heteroatoms. The van der Waals surface area contributed by atoms with Crippen LogP contribution in [0.15, 0.2) is 58.2 Å². The number of aryl methyl sites for hydroxylation is 1. The molecule has 1 aromatic heterocycles. The minimum Gasteiger partial charge on any atom is -0.451 e. The minimum absolute atomic E-state index is 0.0176. The van der Waals surface area contributed by atoms with E-state index in [-0.39, 0.29) is 35.2 Å². The largest absolute Gasteiger partial charge is 0.451 e. The molecule has 3 fully saturated rings. The first-order valence-corrected chi connectivity index (χ1v) is 14.9. The van der Waals surface area contributed by atoms with Crippen LogP contribution in [0.1, 0.15) is 64.1 Å². The molecule has 0 unspecified atom stereocenters. The molecule has 2 heterocycles. The number of aliphatic hydroxyl groups is 1. The average Bonchev–Trinajstić information content (AvgIpc) is 3.20. The predicted molar refractivity (Wildman–Crippen MR) is 153 cm³/mol. The molecule has 2 bridgehead atoms. The van der Waals surface area contributed by atoms with Crippen LogP contribution in [-0.2, 0) is 19.0 Å². The summed E-state index contributed by atoms with van der Waals surface area (Å²) in [4.78, 5) is 28.9. The number of nitrogens with zero attached hydrogens (tertiary/aromatic N) is 1. The Balaban J connectivity index is 1.36. The summed E-state index contributed by atoms with van der Waals surface area (Å²) in [6, 6.07) is 9.28. The van der Waals surface area contributed by atoms with Gasteiger partial charge in [-0.15, -0.1) is 0 Å². The fourth-order valence-electron chi connectivity index (χ4n) is 8.87. The molecule has 2 aromatic rings. The van der Waals surface area contributed by atoms with Gasteiger partial charge in [-0.05, 0) is 68.4 Å². The van der Waals surface area contributed by atoms with Gasteiger partial charge in [0.1, 0.15) is 23.1 Å². The number of ether oxygens (including phenoxy) is 3. The Bertz CT molecular complexity index is 1550. The van der Waals surface area contributed by atoms with Gasteiger partial charge in [0.15, 0.2) is 23.3 Å². The summed E-state index contributed by atoms with van der Waals surface area (Å²) in [6.07, 6.45) is 2.62. The number of rotatable bonds is 3. The number of hydrogen-bond donors (Lipinski definition) is 1. The molecule has 0 amide bonds. The molecule has 8 atom stereocenters. The predicted octanol–water partition coefficient (Wildman–Crippen LogP) is 5.44. The smallest absolute Gasteiger partial charge is 0.344 e. The normalized spacial score (nSPS) is 39.1. The van der Waals surface area contributed by atoms with Gasteiger partial charge in [-0.1, -0.05) is 68.4 Å². The molecule has 0 radical (unpaired) electrons. The van der Waals surface area contributed by atoms with Crippen molar-refractivity contribution < 1.29 is 33.4 Å². The molecule has 4 aliphatic carbocycles. The highest BCUT2D eigenvalue weighted by Gasteiger charge is 2.77. The lowest BCUT2D eigenvalue weighted by Gasteiger charge is -2.52. The molecule has 1 N–H and O–H groups in total. The lowest BCUT2D eigenvalue weighted by atomic mass is 9.59. The molecule has 1 aromatic carbocycles. The molecule has 42 heavy (non-hydrogen) atoms. The summed E-state index contributed by atoms with van der Waals surface area (Å²) in [5.41, 5.74) is -0.553. The van der Waals surface area contributed by atoms with E-state index in [9.17, 15) is 14.7 Å². The van der Waals surface area contributed by atoms with Gasteiger partial charge in [0, 0.05) is 11.5 Å². The lowest BCUT2D eigenvalue weighted by Crippen LogP contribution is -2.68. The van der Waals surface area contributed by atoms with Crippen molar-refractivity contribution in [2.75, 3.05) is 6.61 Å². The van der Waals surface area contributed by atoms with Crippen LogP contribution in [-0.4, -0.2) is 52.2 Å². The van der Waals surface area contributed by atoms with Crippen LogP contribution in [0.25, 0.3) is 11.3 Å². The summed E-state index contributed by atoms with van der Waals surface area (Å²) in [5.74, 6) is -1.49. The number of benzene rings is 1. The quantitative estimate of drug-likeness (QED) is 0.382. The van der Waals surface area contributed by atoms with Crippen LogP contribution in [0.5, 0.6) is 0 Å². The maximum Gasteiger partial charge on any atom is 0.344 e. The van der Waals surface area contributed by atoms with Gasteiger partial charge >= 0.3 is 5.97 Å². The van der Waals surface area contributed by atoms with Crippen LogP contribution in [0.3, 0.4) is 0 Å². The Morgan fingerprint density at radius 3 is 2.55 bits per heavy atom. The Morgan fingerprint density at radius 2 is 1.83 bits per heavy atom. The second-order valence-corrected chi connectivity index (χ2v) is 14.1. The van der Waals surface area contributed by atoms with E-state index >= 15 is 0 Å². The zero-order valence-electron chi connectivity index (χ0n) is 25.3. The summed E-state index contributed by atoms with van der Waals surface area (Å²) in [6.45, 7) is 13.8. The fraction of sp³-hybridized carbons (Fsp3) is 0.559. The van der Waals surface area contributed by atoms with Crippen LogP contribution >= 0.6 is 0 Å². The molecule has 1 spiro atoms. The maximum atomic E-state index is 14.9. The van der Waals surface area contributed by atoms with Crippen molar-refractivity contribution in [2.24, 2.45) is 34.5 Å². The second kappa shape index (κ2) is 8.74. The Morgan fingerprint density at radius 1 is 1.12 bits per heavy atom. The topological polar surface area (TPSA) is 108 Å². The van der Waals surface area contributed by atoms with Crippen LogP contribution in [0.4, 0.5) is 0 Å². The molecular formula is C34H39NO7. The van der Waals surface area contributed by atoms with Gasteiger partial charge in [-0.25, -0.2) is 4.79 Å². The molecular weight excluding hydrogens is 534 g/mol. The summed E-state index contributed by atoms with van der Waals surface area (Å²) < 4.78 is 24.3. The monoisotopic (exact) mass is 573 g/mol. The van der Waals surface area contributed by atoms with Crippen LogP contribution < -0.4 is 0 Å². The standard InChI is InChI=1S/C34H39NO7/c1-17-15-33-18(2)13-23-25(31(23,4)5)22(27(33)36)14-21-16-39-32(6,7)41-29(21)34(33,38)28(17)40-30(37)24-19(3)42-35-26(24)20-11-9-8-10-12-20/h8-12,14-15,18,22-23,25,28-29,38H,13,16H2,1-7H3/t18-,22+,23-,25+,28+,29-,33+,34-/m1/s1. The molecule has 5 aliphatic rings. The van der Waals surface area contributed by atoms with E-state index in [1.54, 1.807) is 20.8 Å². The Hall–Kier alpha value is -3.07. The Kier molecular flexibility index (Phi) is 5.77. The van der Waals surface area contributed by atoms with Crippen molar-refractivity contribution in [3.05, 3.63) is 65.0 Å². The number of fused-ring (bicyclic) bond motifs is 5. The van der Waals surface area contributed by atoms with E-state index in [1.165, 1.54) is 0 Å². The molecule has 1 saturated heterocycles. The molecule has 222 valence electrons. The van der Waals surface area contributed by atoms with E-state index in [1.807, 2.05) is 49.4 Å². The van der Waals surface area contributed by atoms with Crippen LogP contribution in [0, 0.1) is 41.4 Å². The third-order valence-corrected chi connectivity index (χ3v) is 11.0. The molecule has 7 rings (SSSR count). The van der Waals surface area contributed by atoms with E-state index < -0.39 is 40.9 Å². The Labute approximate surface area is 246 Å². The summed E-state index contributed by atoms with van der Waals surface area (Å²) >= 11 is 0. The van der Waals surface area contributed by atoms with E-state index in [0.29, 0.717) is 28.5 Å². The third-order valence-electron chi connectivity index (χ3n) is 11.0. The maximum absolute atomic E-state index is 14.9. The second-order valence-electron chi connectivity index (χ2n) is 14.1. The number of hydrogen-bond acceptors (Lipinski definition) is 8. The third kappa shape index (κ3) is 3.49. The first-order valence-electron chi connectivity index (χ1n) is 14.9. The number of aromatic nitrogens is 1. The van der Waals surface area contributed by atoms with Crippen molar-refractivity contribution in [1.29, 1.82) is 0 Å². The number of Topliss-reactive ketones (excluding diaryl/α,β-unsaturated/α-hetero) is 1. The number of allylic oxidation sites excluding steroid dienone is 1. The van der Waals surface area contributed by atoms with Crippen molar-refractivity contribution in [3.63, 3.8) is 0 Å². The highest BCUT2D eigenvalue weighted by atomic mass is 16.7. The minimum atomic E-state index is -1.89. The molecule has 1 aliphatic heterocycles. The van der Waals surface area contributed by atoms with Gasteiger partial charge in [-0.2, -0.15) is 0 Å². The van der Waals surface area contributed by atoms with E-state index in [0.717, 1.165) is 12.0 Å². The van der Waals surface area contributed by atoms with Gasteiger partial charge in [0.2, 0.25) is 0 Å². The SMILES string of the molecule is CC1=C[C@]23C(=O)[C@@H](C=C4COC(C)(C)O[C@H]4[C@]2(O)[C@H]1OC(=O)c1c(-c2ccccc2)noc1C)[C@H]1[C@@H](C[C@H]3C)C1(C)C. The first kappa shape index (κ1) is 27.7. The average molecular weight is 574 g/mol. The zero-order valence-corrected chi connectivity index (χ0v) is 25.3. The van der Waals surface area contributed by atoms with Gasteiger partial charge in [0.25, 0.3) is 0 Å². The highest BCUT2D eigenvalue weighted by molar-refractivity contribution is 5.98. The summed E-state index contributed by atoms with van der Waals surface area (Å²) in [5, 5.41) is 17.4. The fourth-order valence-corrected chi connectivity index (χ4v) is 8.87. The number of carbonyl (C=O) groups excluding carboxylic acids is 2. The first-order chi connectivity index (χ1) is 19.7. The van der Waals surface area contributed by atoms with Crippen LogP contribution in [0.2, 0.25) is 0 Å². The lowest BCUT2D eigenvalue weighted by molar-refractivity contribution is -0.302. The van der Waals surface area contributed by atoms with Gasteiger partial charge in [-0.3, -0.25) is 4.79 Å². The van der Waals surface area contributed by atoms with Gasteiger partial charge in [0.05, 0.1) is 12.0 Å². The number of carbonyl (C=O) groups is 2. The van der Waals surface area contributed by atoms with Crippen molar-refractivity contribution in [3.8, 4) is 11.3 Å². The summed E-state index contributed by atoms with van der Waals surface area (Å²) in [7, 11) is 0. The highest BCUT2D eigenvalue weighted by Crippen LogP contribution is 2.72. The van der Waals surface area contributed by atoms with E-state index in [2.05, 4.69) is 25.9 Å². The number of esters is 1.